The Balaban J connectivity index is 1.67. The molecule has 0 fully saturated rings. The second kappa shape index (κ2) is 12.2. The molecule has 0 atom stereocenters. The molecule has 0 saturated carbocycles. The Morgan fingerprint density at radius 2 is 1.52 bits per heavy atom. The molecule has 0 aliphatic carbocycles. The summed E-state index contributed by atoms with van der Waals surface area (Å²) in [7, 11) is 0. The Morgan fingerprint density at radius 3 is 2.18 bits per heavy atom. The number of amides is 1. The minimum absolute atomic E-state index is 0.107. The van der Waals surface area contributed by atoms with Crippen LogP contribution in [0.5, 0.6) is 0 Å². The maximum absolute atomic E-state index is 11.3. The summed E-state index contributed by atoms with van der Waals surface area (Å²) >= 11 is 0. The maximum Gasteiger partial charge on any atom is 0.243 e. The van der Waals surface area contributed by atoms with Gasteiger partial charge in [-0.15, -0.1) is 0 Å². The van der Waals surface area contributed by atoms with Crippen LogP contribution in [-0.4, -0.2) is 12.5 Å². The fourth-order valence-corrected chi connectivity index (χ4v) is 4.32. The number of unbranched alkanes of at least 4 members (excludes halogenated alkanes) is 2. The van der Waals surface area contributed by atoms with Crippen LogP contribution >= 0.6 is 0 Å². The summed E-state index contributed by atoms with van der Waals surface area (Å²) in [5.74, 6) is -0.107. The molecule has 3 aromatic carbocycles. The van der Waals surface area contributed by atoms with Crippen molar-refractivity contribution in [3.8, 4) is 22.3 Å². The molecule has 0 saturated heterocycles. The summed E-state index contributed by atoms with van der Waals surface area (Å²) in [4.78, 5) is 11.3. The summed E-state index contributed by atoms with van der Waals surface area (Å²) in [5, 5.41) is 2.84. The fourth-order valence-electron chi connectivity index (χ4n) is 4.32. The SMILES string of the molecule is C=CC(=O)NCCCc1ccc(-c2ccc(-c3ccc(CCCCC)cc3)cc2C)cc1C. The van der Waals surface area contributed by atoms with E-state index in [2.05, 4.69) is 93.3 Å². The van der Waals surface area contributed by atoms with Gasteiger partial charge in [-0.2, -0.15) is 0 Å². The quantitative estimate of drug-likeness (QED) is 0.242. The van der Waals surface area contributed by atoms with Gasteiger partial charge in [-0.25, -0.2) is 0 Å². The summed E-state index contributed by atoms with van der Waals surface area (Å²) in [6.45, 7) is 10.8. The average Bonchev–Trinajstić information content (AvgIpc) is 2.83. The number of hydrogen-bond acceptors (Lipinski definition) is 1. The maximum atomic E-state index is 11.3. The molecular weight excluding hydrogens is 402 g/mol. The van der Waals surface area contributed by atoms with Crippen LogP contribution in [0.3, 0.4) is 0 Å². The van der Waals surface area contributed by atoms with Gasteiger partial charge in [-0.3, -0.25) is 4.79 Å². The number of benzene rings is 3. The minimum Gasteiger partial charge on any atom is -0.353 e. The highest BCUT2D eigenvalue weighted by Gasteiger charge is 2.08. The van der Waals surface area contributed by atoms with Crippen LogP contribution < -0.4 is 5.32 Å². The number of hydrogen-bond donors (Lipinski definition) is 1. The molecule has 1 amide bonds. The lowest BCUT2D eigenvalue weighted by atomic mass is 9.92. The molecule has 0 radical (unpaired) electrons. The van der Waals surface area contributed by atoms with Crippen molar-refractivity contribution in [1.29, 1.82) is 0 Å². The first-order valence-corrected chi connectivity index (χ1v) is 12.2. The van der Waals surface area contributed by atoms with Crippen LogP contribution in [0.4, 0.5) is 0 Å². The Hall–Kier alpha value is -3.13. The van der Waals surface area contributed by atoms with Gasteiger partial charge in [0.1, 0.15) is 0 Å². The van der Waals surface area contributed by atoms with Gasteiger partial charge < -0.3 is 5.32 Å². The zero-order valence-corrected chi connectivity index (χ0v) is 20.4. The van der Waals surface area contributed by atoms with Gasteiger partial charge in [0.2, 0.25) is 5.91 Å². The van der Waals surface area contributed by atoms with Crippen LogP contribution in [0.1, 0.15) is 54.9 Å². The second-order valence-electron chi connectivity index (χ2n) is 8.92. The molecule has 0 heterocycles. The van der Waals surface area contributed by atoms with E-state index in [0.29, 0.717) is 6.54 Å². The second-order valence-corrected chi connectivity index (χ2v) is 8.92. The summed E-state index contributed by atoms with van der Waals surface area (Å²) < 4.78 is 0. The molecule has 3 rings (SSSR count). The van der Waals surface area contributed by atoms with E-state index in [1.807, 2.05) is 0 Å². The number of carbonyl (C=O) groups is 1. The zero-order chi connectivity index (χ0) is 23.6. The topological polar surface area (TPSA) is 29.1 Å². The Morgan fingerprint density at radius 1 is 0.818 bits per heavy atom. The molecule has 0 aliphatic heterocycles. The van der Waals surface area contributed by atoms with Gasteiger partial charge in [0.15, 0.2) is 0 Å². The molecule has 1 N–H and O–H groups in total. The fraction of sp³-hybridized carbons (Fsp3) is 0.323. The molecule has 2 nitrogen and oxygen atoms in total. The van der Waals surface area contributed by atoms with Crippen LogP contribution in [0.25, 0.3) is 22.3 Å². The van der Waals surface area contributed by atoms with Crippen molar-refractivity contribution >= 4 is 5.91 Å². The summed E-state index contributed by atoms with van der Waals surface area (Å²) in [6.07, 6.45) is 8.20. The van der Waals surface area contributed by atoms with Crippen LogP contribution in [0.15, 0.2) is 73.3 Å². The smallest absolute Gasteiger partial charge is 0.243 e. The van der Waals surface area contributed by atoms with Crippen molar-refractivity contribution in [3.05, 3.63) is 95.6 Å². The molecule has 172 valence electrons. The summed E-state index contributed by atoms with van der Waals surface area (Å²) in [6, 6.07) is 22.6. The van der Waals surface area contributed by atoms with Crippen molar-refractivity contribution < 1.29 is 4.79 Å². The van der Waals surface area contributed by atoms with Gasteiger partial charge in [0.05, 0.1) is 0 Å². The standard InChI is InChI=1S/C31H37NO/c1-5-7-8-10-25-12-14-27(15-13-25)28-18-19-30(24(4)22-28)29-17-16-26(23(3)21-29)11-9-20-32-31(33)6-2/h6,12-19,21-22H,2,5,7-11,20H2,1,3-4H3,(H,32,33). The molecule has 0 bridgehead atoms. The van der Waals surface area contributed by atoms with Crippen molar-refractivity contribution in [2.75, 3.05) is 6.54 Å². The van der Waals surface area contributed by atoms with Crippen LogP contribution in [0, 0.1) is 13.8 Å². The number of nitrogens with one attached hydrogen (secondary N) is 1. The van der Waals surface area contributed by atoms with Crippen molar-refractivity contribution in [1.82, 2.24) is 5.32 Å². The molecule has 0 spiro atoms. The molecular formula is C31H37NO. The molecule has 3 aromatic rings. The van der Waals surface area contributed by atoms with E-state index in [1.165, 1.54) is 76.3 Å². The largest absolute Gasteiger partial charge is 0.353 e. The third-order valence-electron chi connectivity index (χ3n) is 6.34. The molecule has 0 aliphatic rings. The van der Waals surface area contributed by atoms with E-state index in [-0.39, 0.29) is 5.91 Å². The van der Waals surface area contributed by atoms with E-state index < -0.39 is 0 Å². The molecule has 33 heavy (non-hydrogen) atoms. The molecule has 0 unspecified atom stereocenters. The molecule has 0 aromatic heterocycles. The first kappa shape index (κ1) is 24.5. The summed E-state index contributed by atoms with van der Waals surface area (Å²) in [5.41, 5.74) is 10.4. The van der Waals surface area contributed by atoms with Gasteiger partial charge in [-0.1, -0.05) is 87.0 Å². The van der Waals surface area contributed by atoms with Crippen molar-refractivity contribution in [2.24, 2.45) is 0 Å². The third-order valence-corrected chi connectivity index (χ3v) is 6.34. The Kier molecular flexibility index (Phi) is 9.06. The zero-order valence-electron chi connectivity index (χ0n) is 20.4. The van der Waals surface area contributed by atoms with E-state index in [0.717, 1.165) is 12.8 Å². The van der Waals surface area contributed by atoms with Crippen molar-refractivity contribution in [2.45, 2.75) is 59.3 Å². The highest BCUT2D eigenvalue weighted by atomic mass is 16.1. The van der Waals surface area contributed by atoms with Gasteiger partial charge in [-0.05, 0) is 90.1 Å². The van der Waals surface area contributed by atoms with Crippen molar-refractivity contribution in [3.63, 3.8) is 0 Å². The van der Waals surface area contributed by atoms with Crippen LogP contribution in [-0.2, 0) is 17.6 Å². The lowest BCUT2D eigenvalue weighted by molar-refractivity contribution is -0.116. The first-order valence-electron chi connectivity index (χ1n) is 12.2. The number of rotatable bonds is 11. The predicted octanol–water partition coefficient (Wildman–Crippen LogP) is 7.60. The highest BCUT2D eigenvalue weighted by molar-refractivity contribution is 5.86. The first-order chi connectivity index (χ1) is 16.0. The molecule has 2 heteroatoms. The average molecular weight is 440 g/mol. The number of aryl methyl sites for hydroxylation is 4. The van der Waals surface area contributed by atoms with Crippen LogP contribution in [0.2, 0.25) is 0 Å². The van der Waals surface area contributed by atoms with Gasteiger partial charge in [0.25, 0.3) is 0 Å². The van der Waals surface area contributed by atoms with E-state index in [1.54, 1.807) is 0 Å². The predicted molar refractivity (Wildman–Crippen MR) is 142 cm³/mol. The van der Waals surface area contributed by atoms with Gasteiger partial charge >= 0.3 is 0 Å². The van der Waals surface area contributed by atoms with E-state index in [4.69, 9.17) is 0 Å². The Bertz CT molecular complexity index is 1080. The Labute approximate surface area is 199 Å². The number of carbonyl (C=O) groups excluding carboxylic acids is 1. The normalized spacial score (nSPS) is 10.8. The lowest BCUT2D eigenvalue weighted by Crippen LogP contribution is -2.22. The van der Waals surface area contributed by atoms with E-state index in [9.17, 15) is 4.79 Å². The monoisotopic (exact) mass is 439 g/mol. The lowest BCUT2D eigenvalue weighted by Gasteiger charge is -2.13. The van der Waals surface area contributed by atoms with Gasteiger partial charge in [0, 0.05) is 6.54 Å². The van der Waals surface area contributed by atoms with E-state index >= 15 is 0 Å². The minimum atomic E-state index is -0.107. The third kappa shape index (κ3) is 6.92. The highest BCUT2D eigenvalue weighted by Crippen LogP contribution is 2.30.